The molecule has 2 bridgehead atoms. The third kappa shape index (κ3) is 2.00. The highest BCUT2D eigenvalue weighted by atomic mass is 16.5. The van der Waals surface area contributed by atoms with Crippen molar-refractivity contribution in [3.8, 4) is 5.75 Å². The van der Waals surface area contributed by atoms with Gasteiger partial charge in [0.25, 0.3) is 0 Å². The molecule has 22 heavy (non-hydrogen) atoms. The van der Waals surface area contributed by atoms with E-state index in [0.717, 1.165) is 12.3 Å². The fourth-order valence-electron chi connectivity index (χ4n) is 3.92. The van der Waals surface area contributed by atoms with Gasteiger partial charge in [-0.1, -0.05) is 0 Å². The van der Waals surface area contributed by atoms with Gasteiger partial charge >= 0.3 is 11.5 Å². The maximum absolute atomic E-state index is 12.5. The first-order chi connectivity index (χ1) is 10.7. The first-order valence-electron chi connectivity index (χ1n) is 7.63. The molecule has 7 heteroatoms. The van der Waals surface area contributed by atoms with Gasteiger partial charge < -0.3 is 15.2 Å². The Balaban J connectivity index is 1.71. The minimum Gasteiger partial charge on any atom is -0.739 e. The van der Waals surface area contributed by atoms with Crippen LogP contribution in [0.1, 0.15) is 25.7 Å². The van der Waals surface area contributed by atoms with Crippen molar-refractivity contribution in [2.45, 2.75) is 31.7 Å². The Kier molecular flexibility index (Phi) is 2.95. The summed E-state index contributed by atoms with van der Waals surface area (Å²) in [5.74, 6) is 1.96. The number of hydrogen-bond acceptors (Lipinski definition) is 5. The number of nitrogens with zero attached hydrogens (tertiary/aromatic N) is 3. The molecule has 116 valence electrons. The van der Waals surface area contributed by atoms with Crippen molar-refractivity contribution < 1.29 is 14.3 Å². The molecule has 7 nitrogen and oxygen atoms in total. The standard InChI is InChI=1S/C15H18N4O3/c1-22-11-4-5-13-14(8-11)19(21)17-15(18(13)20)16-12-7-9-2-3-10(12)6-9/h4-5,8-10,12H,2-3,6-7H2,1H3,(H,16,17)/t9-,10-,12-/m1/s1. The quantitative estimate of drug-likeness (QED) is 0.678. The summed E-state index contributed by atoms with van der Waals surface area (Å²) in [6, 6.07) is 5.02. The van der Waals surface area contributed by atoms with Gasteiger partial charge in [-0.05, 0) is 49.7 Å². The molecule has 2 aromatic rings. The van der Waals surface area contributed by atoms with Crippen molar-refractivity contribution in [3.05, 3.63) is 28.6 Å². The van der Waals surface area contributed by atoms with E-state index in [1.54, 1.807) is 12.1 Å². The lowest BCUT2D eigenvalue weighted by atomic mass is 9.95. The fraction of sp³-hybridized carbons (Fsp3) is 0.533. The van der Waals surface area contributed by atoms with Crippen molar-refractivity contribution in [2.75, 3.05) is 12.4 Å². The second kappa shape index (κ2) is 4.86. The molecule has 1 aromatic carbocycles. The molecule has 0 amide bonds. The van der Waals surface area contributed by atoms with Crippen LogP contribution in [0.2, 0.25) is 0 Å². The summed E-state index contributed by atoms with van der Waals surface area (Å²) in [5.41, 5.74) is 0.490. The van der Waals surface area contributed by atoms with Crippen LogP contribution in [-0.4, -0.2) is 18.3 Å². The smallest absolute Gasteiger partial charge is 0.461 e. The number of methoxy groups -OCH3 is 1. The predicted octanol–water partition coefficient (Wildman–Crippen LogP) is 1.11. The largest absolute Gasteiger partial charge is 0.739 e. The average molecular weight is 302 g/mol. The van der Waals surface area contributed by atoms with Gasteiger partial charge in [0.1, 0.15) is 5.75 Å². The van der Waals surface area contributed by atoms with Crippen LogP contribution in [0.25, 0.3) is 11.0 Å². The first-order valence-corrected chi connectivity index (χ1v) is 7.63. The normalized spacial score (nSPS) is 26.5. The minimum absolute atomic E-state index is 0.0882. The van der Waals surface area contributed by atoms with Crippen molar-refractivity contribution >= 4 is 17.0 Å². The molecule has 0 aliphatic heterocycles. The molecule has 2 fully saturated rings. The number of rotatable bonds is 3. The molecule has 2 saturated carbocycles. The first kappa shape index (κ1) is 13.4. The van der Waals surface area contributed by atoms with E-state index in [9.17, 15) is 10.4 Å². The van der Waals surface area contributed by atoms with Crippen LogP contribution in [0.15, 0.2) is 18.2 Å². The van der Waals surface area contributed by atoms with E-state index in [-0.39, 0.29) is 23.0 Å². The number of anilines is 1. The zero-order valence-corrected chi connectivity index (χ0v) is 12.4. The zero-order valence-electron chi connectivity index (χ0n) is 12.4. The van der Waals surface area contributed by atoms with Gasteiger partial charge in [-0.15, -0.1) is 0 Å². The van der Waals surface area contributed by atoms with E-state index in [2.05, 4.69) is 10.4 Å². The molecule has 1 aromatic heterocycles. The highest BCUT2D eigenvalue weighted by molar-refractivity contribution is 5.70. The SMILES string of the molecule is COc1ccc2c(c1)[n+]([O-])nc(N[C@@H]1C[C@@H]3CC[C@@H]1C3)[n+]2[O-]. The van der Waals surface area contributed by atoms with E-state index in [4.69, 9.17) is 4.74 Å². The monoisotopic (exact) mass is 302 g/mol. The van der Waals surface area contributed by atoms with Crippen LogP contribution in [0.3, 0.4) is 0 Å². The lowest BCUT2D eigenvalue weighted by Crippen LogP contribution is -2.46. The maximum Gasteiger partial charge on any atom is 0.461 e. The molecular formula is C15H18N4O3. The lowest BCUT2D eigenvalue weighted by molar-refractivity contribution is -0.672. The van der Waals surface area contributed by atoms with Gasteiger partial charge in [-0.25, -0.2) is 4.73 Å². The summed E-state index contributed by atoms with van der Waals surface area (Å²) in [7, 11) is 1.51. The number of fused-ring (bicyclic) bond motifs is 3. The second-order valence-electron chi connectivity index (χ2n) is 6.27. The van der Waals surface area contributed by atoms with Crippen LogP contribution in [0.5, 0.6) is 5.75 Å². The van der Waals surface area contributed by atoms with E-state index in [1.807, 2.05) is 0 Å². The number of aromatic nitrogens is 3. The molecule has 0 radical (unpaired) electrons. The Labute approximate surface area is 127 Å². The minimum atomic E-state index is 0.0882. The molecular weight excluding hydrogens is 284 g/mol. The van der Waals surface area contributed by atoms with E-state index < -0.39 is 0 Å². The van der Waals surface area contributed by atoms with E-state index in [1.165, 1.54) is 32.4 Å². The number of ether oxygens (including phenoxy) is 1. The average Bonchev–Trinajstić information content (AvgIpc) is 3.14. The van der Waals surface area contributed by atoms with Crippen molar-refractivity contribution in [2.24, 2.45) is 11.8 Å². The third-order valence-electron chi connectivity index (χ3n) is 5.04. The Hall–Kier alpha value is -2.31. The van der Waals surface area contributed by atoms with E-state index >= 15 is 0 Å². The maximum atomic E-state index is 12.5. The fourth-order valence-corrected chi connectivity index (χ4v) is 3.92. The molecule has 4 rings (SSSR count). The molecule has 0 saturated heterocycles. The van der Waals surface area contributed by atoms with Gasteiger partial charge in [-0.2, -0.15) is 0 Å². The third-order valence-corrected chi connectivity index (χ3v) is 5.04. The van der Waals surface area contributed by atoms with Crippen LogP contribution in [0.4, 0.5) is 5.95 Å². The molecule has 2 aliphatic rings. The Bertz CT molecular complexity index is 736. The molecule has 1 N–H and O–H groups in total. The number of hydrogen-bond donors (Lipinski definition) is 1. The Morgan fingerprint density at radius 3 is 2.77 bits per heavy atom. The number of nitrogens with one attached hydrogen (secondary N) is 1. The van der Waals surface area contributed by atoms with E-state index in [0.29, 0.717) is 21.2 Å². The van der Waals surface area contributed by atoms with Crippen molar-refractivity contribution in [1.29, 1.82) is 0 Å². The van der Waals surface area contributed by atoms with Gasteiger partial charge in [0.05, 0.1) is 19.2 Å². The van der Waals surface area contributed by atoms with Crippen LogP contribution in [0, 0.1) is 22.3 Å². The molecule has 1 heterocycles. The van der Waals surface area contributed by atoms with Crippen LogP contribution >= 0.6 is 0 Å². The highest BCUT2D eigenvalue weighted by Crippen LogP contribution is 2.45. The van der Waals surface area contributed by atoms with Gasteiger partial charge in [0.15, 0.2) is 5.52 Å². The van der Waals surface area contributed by atoms with Gasteiger partial charge in [-0.3, -0.25) is 5.32 Å². The lowest BCUT2D eigenvalue weighted by Gasteiger charge is -2.20. The van der Waals surface area contributed by atoms with Crippen LogP contribution in [-0.2, 0) is 0 Å². The molecule has 0 unspecified atom stereocenters. The summed E-state index contributed by atoms with van der Waals surface area (Å²) in [5, 5.41) is 31.6. The molecule has 2 aliphatic carbocycles. The topological polar surface area (TPSA) is 88.0 Å². The zero-order chi connectivity index (χ0) is 15.3. The summed E-state index contributed by atoms with van der Waals surface area (Å²) in [6.45, 7) is 0. The van der Waals surface area contributed by atoms with Gasteiger partial charge in [0.2, 0.25) is 5.10 Å². The summed E-state index contributed by atoms with van der Waals surface area (Å²) >= 11 is 0. The Morgan fingerprint density at radius 1 is 1.23 bits per heavy atom. The second-order valence-corrected chi connectivity index (χ2v) is 6.27. The van der Waals surface area contributed by atoms with Crippen molar-refractivity contribution in [1.82, 2.24) is 5.10 Å². The highest BCUT2D eigenvalue weighted by Gasteiger charge is 2.42. The molecule has 0 spiro atoms. The summed E-state index contributed by atoms with van der Waals surface area (Å²) in [6.07, 6.45) is 4.76. The molecule has 3 atom stereocenters. The Morgan fingerprint density at radius 2 is 2.09 bits per heavy atom. The predicted molar refractivity (Wildman–Crippen MR) is 79.1 cm³/mol. The van der Waals surface area contributed by atoms with Crippen LogP contribution < -0.4 is 19.6 Å². The summed E-state index contributed by atoms with van der Waals surface area (Å²) in [4.78, 5) is 0.488. The summed E-state index contributed by atoms with van der Waals surface area (Å²) < 4.78 is 5.79. The van der Waals surface area contributed by atoms with Gasteiger partial charge in [0, 0.05) is 4.85 Å². The van der Waals surface area contributed by atoms with Crippen molar-refractivity contribution in [3.63, 3.8) is 0 Å². The number of benzene rings is 1.